The summed E-state index contributed by atoms with van der Waals surface area (Å²) in [6.07, 6.45) is 1.59. The van der Waals surface area contributed by atoms with Crippen molar-refractivity contribution in [3.63, 3.8) is 0 Å². The maximum atomic E-state index is 13.5. The number of aromatic nitrogens is 2. The molecule has 3 fully saturated rings. The molecule has 2 aromatic rings. The zero-order valence-electron chi connectivity index (χ0n) is 27.8. The number of ether oxygens (including phenoxy) is 2. The van der Waals surface area contributed by atoms with Gasteiger partial charge in [-0.25, -0.2) is 9.48 Å². The Morgan fingerprint density at radius 3 is 2.33 bits per heavy atom. The number of benzene rings is 1. The van der Waals surface area contributed by atoms with Crippen LogP contribution in [0, 0.1) is 5.92 Å². The average molecular weight is 682 g/mol. The van der Waals surface area contributed by atoms with Crippen LogP contribution in [0.4, 0.5) is 4.79 Å². The molecule has 16 nitrogen and oxygen atoms in total. The highest BCUT2D eigenvalue weighted by atomic mass is 16.6. The number of carboxylic acids is 1. The van der Waals surface area contributed by atoms with Crippen LogP contribution in [0.1, 0.15) is 49.5 Å². The second kappa shape index (κ2) is 15.8. The highest BCUT2D eigenvalue weighted by molar-refractivity contribution is 5.96. The molecule has 2 atom stereocenters. The molecule has 1 aromatic carbocycles. The number of piperazine rings is 1. The van der Waals surface area contributed by atoms with Crippen LogP contribution in [0.3, 0.4) is 0 Å². The van der Waals surface area contributed by atoms with Gasteiger partial charge in [0.15, 0.2) is 12.3 Å². The van der Waals surface area contributed by atoms with Gasteiger partial charge in [0.1, 0.15) is 6.04 Å². The first-order valence-electron chi connectivity index (χ1n) is 16.6. The normalized spacial score (nSPS) is 18.1. The highest BCUT2D eigenvalue weighted by Crippen LogP contribution is 2.29. The molecule has 2 saturated heterocycles. The Morgan fingerprint density at radius 2 is 1.67 bits per heavy atom. The lowest BCUT2D eigenvalue weighted by atomic mass is 10.1. The summed E-state index contributed by atoms with van der Waals surface area (Å²) in [6, 6.07) is 9.31. The summed E-state index contributed by atoms with van der Waals surface area (Å²) in [4.78, 5) is 82.8. The third kappa shape index (κ3) is 8.86. The van der Waals surface area contributed by atoms with E-state index < -0.39 is 29.9 Å². The Balaban J connectivity index is 1.25. The minimum absolute atomic E-state index is 0.0515. The van der Waals surface area contributed by atoms with Crippen molar-refractivity contribution in [2.24, 2.45) is 5.92 Å². The molecule has 264 valence electrons. The molecule has 3 aliphatic rings. The molecule has 2 aliphatic heterocycles. The Kier molecular flexibility index (Phi) is 11.4. The van der Waals surface area contributed by atoms with Gasteiger partial charge >= 0.3 is 12.1 Å². The predicted octanol–water partition coefficient (Wildman–Crippen LogP) is 0.984. The van der Waals surface area contributed by atoms with Gasteiger partial charge in [-0.3, -0.25) is 24.0 Å². The quantitative estimate of drug-likeness (QED) is 0.309. The SMILES string of the molecule is CCOC(=O)N1CCN(C(=O)[C@H](CCC(=O)O)NC(=O)c2cc(OCC(=O)N3CCC(C(=O)N(C)C4CC4)C3)n(-c3ccccc3)n2)CC1. The van der Waals surface area contributed by atoms with E-state index in [1.165, 1.54) is 20.5 Å². The largest absolute Gasteiger partial charge is 0.481 e. The lowest BCUT2D eigenvalue weighted by molar-refractivity contribution is -0.139. The Hall–Kier alpha value is -5.15. The number of nitrogens with zero attached hydrogens (tertiary/aromatic N) is 6. The minimum Gasteiger partial charge on any atom is -0.481 e. The number of para-hydroxylation sites is 1. The first-order chi connectivity index (χ1) is 23.5. The second-order valence-corrected chi connectivity index (χ2v) is 12.4. The van der Waals surface area contributed by atoms with E-state index in [0.29, 0.717) is 31.2 Å². The summed E-state index contributed by atoms with van der Waals surface area (Å²) >= 11 is 0. The molecule has 1 aromatic heterocycles. The molecular weight excluding hydrogens is 638 g/mol. The molecule has 1 aliphatic carbocycles. The van der Waals surface area contributed by atoms with Crippen LogP contribution < -0.4 is 10.1 Å². The summed E-state index contributed by atoms with van der Waals surface area (Å²) in [5.74, 6) is -2.74. The van der Waals surface area contributed by atoms with Crippen LogP contribution in [0.25, 0.3) is 5.69 Å². The summed E-state index contributed by atoms with van der Waals surface area (Å²) in [5, 5.41) is 16.4. The van der Waals surface area contributed by atoms with Crippen molar-refractivity contribution < 1.29 is 43.3 Å². The van der Waals surface area contributed by atoms with Gasteiger partial charge in [-0.05, 0) is 44.7 Å². The van der Waals surface area contributed by atoms with Crippen molar-refractivity contribution in [2.75, 3.05) is 59.5 Å². The maximum absolute atomic E-state index is 13.5. The number of nitrogens with one attached hydrogen (secondary N) is 1. The van der Waals surface area contributed by atoms with Crippen LogP contribution >= 0.6 is 0 Å². The summed E-state index contributed by atoms with van der Waals surface area (Å²) < 4.78 is 12.3. The number of aliphatic carboxylic acids is 1. The van der Waals surface area contributed by atoms with E-state index >= 15 is 0 Å². The number of carboxylic acid groups (broad SMARTS) is 1. The molecule has 3 heterocycles. The van der Waals surface area contributed by atoms with E-state index in [0.717, 1.165) is 12.8 Å². The number of amides is 5. The van der Waals surface area contributed by atoms with E-state index in [4.69, 9.17) is 9.47 Å². The fourth-order valence-corrected chi connectivity index (χ4v) is 5.98. The van der Waals surface area contributed by atoms with Crippen LogP contribution in [0.2, 0.25) is 0 Å². The van der Waals surface area contributed by atoms with E-state index in [1.54, 1.807) is 41.0 Å². The topological polar surface area (TPSA) is 184 Å². The summed E-state index contributed by atoms with van der Waals surface area (Å²) in [6.45, 7) is 3.17. The third-order valence-corrected chi connectivity index (χ3v) is 8.95. The molecule has 0 spiro atoms. The van der Waals surface area contributed by atoms with Gasteiger partial charge < -0.3 is 39.5 Å². The van der Waals surface area contributed by atoms with Gasteiger partial charge in [-0.15, -0.1) is 0 Å². The zero-order valence-corrected chi connectivity index (χ0v) is 27.8. The van der Waals surface area contributed by atoms with Crippen molar-refractivity contribution >= 4 is 35.7 Å². The van der Waals surface area contributed by atoms with Gasteiger partial charge in [0, 0.05) is 64.8 Å². The Labute approximate surface area is 283 Å². The van der Waals surface area contributed by atoms with E-state index in [9.17, 15) is 33.9 Å². The van der Waals surface area contributed by atoms with Crippen molar-refractivity contribution in [1.82, 2.24) is 34.7 Å². The molecule has 2 N–H and O–H groups in total. The van der Waals surface area contributed by atoms with Crippen molar-refractivity contribution in [2.45, 2.75) is 51.1 Å². The summed E-state index contributed by atoms with van der Waals surface area (Å²) in [5.41, 5.74) is 0.443. The monoisotopic (exact) mass is 681 g/mol. The molecule has 0 bridgehead atoms. The lowest BCUT2D eigenvalue weighted by Gasteiger charge is -2.35. The number of rotatable bonds is 13. The lowest BCUT2D eigenvalue weighted by Crippen LogP contribution is -2.56. The van der Waals surface area contributed by atoms with Gasteiger partial charge in [-0.2, -0.15) is 5.10 Å². The van der Waals surface area contributed by atoms with Crippen LogP contribution in [0.15, 0.2) is 36.4 Å². The number of hydrogen-bond acceptors (Lipinski definition) is 9. The standard InChI is InChI=1S/C33H43N7O9/c1-3-48-33(47)38-17-15-37(16-18-38)32(46)25(11-12-29(42)43)34-30(44)26-19-28(40(35-26)24-7-5-4-6-8-24)49-21-27(41)39-14-13-22(20-39)31(45)36(2)23-9-10-23/h4-8,19,22-23,25H,3,9-18,20-21H2,1-2H3,(H,34,44)(H,42,43)/t22?,25-/m0/s1. The van der Waals surface area contributed by atoms with Crippen molar-refractivity contribution in [3.05, 3.63) is 42.1 Å². The van der Waals surface area contributed by atoms with Crippen LogP contribution in [-0.2, 0) is 23.9 Å². The maximum Gasteiger partial charge on any atom is 0.409 e. The molecule has 5 amide bonds. The molecule has 5 rings (SSSR count). The molecule has 49 heavy (non-hydrogen) atoms. The first-order valence-corrected chi connectivity index (χ1v) is 16.6. The number of carbonyl (C=O) groups excluding carboxylic acids is 5. The van der Waals surface area contributed by atoms with E-state index in [-0.39, 0.29) is 81.5 Å². The Bertz CT molecular complexity index is 1540. The zero-order chi connectivity index (χ0) is 35.1. The van der Waals surface area contributed by atoms with Crippen molar-refractivity contribution in [3.8, 4) is 11.6 Å². The predicted molar refractivity (Wildman–Crippen MR) is 173 cm³/mol. The first kappa shape index (κ1) is 35.2. The van der Waals surface area contributed by atoms with Gasteiger partial charge in [0.25, 0.3) is 11.8 Å². The van der Waals surface area contributed by atoms with E-state index in [2.05, 4.69) is 10.4 Å². The van der Waals surface area contributed by atoms with Crippen molar-refractivity contribution in [1.29, 1.82) is 0 Å². The summed E-state index contributed by atoms with van der Waals surface area (Å²) in [7, 11) is 1.81. The second-order valence-electron chi connectivity index (χ2n) is 12.4. The minimum atomic E-state index is -1.17. The molecular formula is C33H43N7O9. The third-order valence-electron chi connectivity index (χ3n) is 8.95. The highest BCUT2D eigenvalue weighted by Gasteiger charge is 2.38. The Morgan fingerprint density at radius 1 is 0.980 bits per heavy atom. The van der Waals surface area contributed by atoms with E-state index in [1.807, 2.05) is 13.1 Å². The number of hydrogen-bond donors (Lipinski definition) is 2. The van der Waals surface area contributed by atoms with Gasteiger partial charge in [0.2, 0.25) is 17.7 Å². The van der Waals surface area contributed by atoms with Crippen LogP contribution in [-0.4, -0.2) is 142 Å². The number of likely N-dealkylation sites (tertiary alicyclic amines) is 1. The molecule has 0 radical (unpaired) electrons. The smallest absolute Gasteiger partial charge is 0.409 e. The van der Waals surface area contributed by atoms with Gasteiger partial charge in [-0.1, -0.05) is 18.2 Å². The molecule has 1 saturated carbocycles. The molecule has 1 unspecified atom stereocenters. The average Bonchev–Trinajstić information content (AvgIpc) is 3.68. The fourth-order valence-electron chi connectivity index (χ4n) is 5.98. The van der Waals surface area contributed by atoms with Gasteiger partial charge in [0.05, 0.1) is 18.2 Å². The van der Waals surface area contributed by atoms with Crippen LogP contribution in [0.5, 0.6) is 5.88 Å². The molecule has 16 heteroatoms. The number of carbonyl (C=O) groups is 6. The fraction of sp³-hybridized carbons (Fsp3) is 0.545.